The predicted octanol–water partition coefficient (Wildman–Crippen LogP) is 23.4. The van der Waals surface area contributed by atoms with Gasteiger partial charge in [-0.2, -0.15) is 0 Å². The van der Waals surface area contributed by atoms with Gasteiger partial charge in [-0.25, -0.2) is 4.57 Å². The second kappa shape index (κ2) is 68.8. The summed E-state index contributed by atoms with van der Waals surface area (Å²) in [7, 11) is -4.40. The molecule has 0 radical (unpaired) electrons. The zero-order valence-electron chi connectivity index (χ0n) is 54.7. The van der Waals surface area contributed by atoms with E-state index < -0.39 is 26.5 Å². The van der Waals surface area contributed by atoms with Crippen LogP contribution in [0.4, 0.5) is 0 Å². The molecule has 0 amide bonds. The van der Waals surface area contributed by atoms with E-state index in [1.807, 2.05) is 0 Å². The van der Waals surface area contributed by atoms with Gasteiger partial charge in [0, 0.05) is 19.4 Å². The predicted molar refractivity (Wildman–Crippen MR) is 358 cm³/mol. The summed E-state index contributed by atoms with van der Waals surface area (Å²) in [5.74, 6) is -0.820. The molecule has 0 saturated carbocycles. The normalized spacial score (nSPS) is 13.3. The number of nitrogens with two attached hydrogens (primary N) is 1. The van der Waals surface area contributed by atoms with Crippen LogP contribution < -0.4 is 5.73 Å². The molecule has 0 spiro atoms. The van der Waals surface area contributed by atoms with Crippen molar-refractivity contribution in [2.45, 2.75) is 367 Å². The Hall–Kier alpha value is -2.29. The lowest BCUT2D eigenvalue weighted by Gasteiger charge is -2.19. The summed E-state index contributed by atoms with van der Waals surface area (Å²) in [5, 5.41) is 0. The minimum absolute atomic E-state index is 0.0517. The lowest BCUT2D eigenvalue weighted by atomic mass is 10.0. The number of rotatable bonds is 68. The molecular weight excluding hydrogens is 1050 g/mol. The molecule has 10 heteroatoms. The number of esters is 2. The number of unbranched alkanes of at least 4 members (excludes halogenated alkanes) is 45. The first-order chi connectivity index (χ1) is 40.8. The van der Waals surface area contributed by atoms with Gasteiger partial charge >= 0.3 is 19.8 Å². The molecule has 0 saturated heterocycles. The van der Waals surface area contributed by atoms with Crippen LogP contribution in [0.15, 0.2) is 60.8 Å². The fraction of sp³-hybridized carbons (Fsp3) is 0.836. The average Bonchev–Trinajstić information content (AvgIpc) is 3.49. The van der Waals surface area contributed by atoms with Crippen molar-refractivity contribution < 1.29 is 37.6 Å². The summed E-state index contributed by atoms with van der Waals surface area (Å²) in [6, 6.07) is 0. The largest absolute Gasteiger partial charge is 0.472 e. The standard InChI is InChI=1S/C73H136NO8P/c1-3-5-7-9-11-13-15-17-19-21-23-25-27-29-30-31-32-33-34-35-36-37-38-39-40-42-43-45-47-49-51-53-55-57-59-61-63-65-72(75)79-69-71(70-81-83(77,78)80-68-67-74)82-73(76)66-64-62-60-58-56-54-52-50-48-46-44-41-28-26-24-22-20-18-16-14-12-10-8-6-4-2/h6,8,12,14,18,20,24,26,41,44,71H,3-5,7,9-11,13,15-17,19,21-23,25,27-40,42-43,45-70,74H2,1-2H3,(H,77,78)/b8-6-,14-12-,20-18-,26-24-,44-41-. The van der Waals surface area contributed by atoms with E-state index in [4.69, 9.17) is 24.3 Å². The Morgan fingerprint density at radius 3 is 0.988 bits per heavy atom. The number of allylic oxidation sites excluding steroid dienone is 10. The van der Waals surface area contributed by atoms with Gasteiger partial charge in [0.1, 0.15) is 6.61 Å². The highest BCUT2D eigenvalue weighted by molar-refractivity contribution is 7.47. The highest BCUT2D eigenvalue weighted by Crippen LogP contribution is 2.43. The third kappa shape index (κ3) is 68.7. The van der Waals surface area contributed by atoms with Crippen LogP contribution in [0.5, 0.6) is 0 Å². The van der Waals surface area contributed by atoms with E-state index >= 15 is 0 Å². The van der Waals surface area contributed by atoms with Gasteiger partial charge in [0.05, 0.1) is 13.2 Å². The quantitative estimate of drug-likeness (QED) is 0.0264. The van der Waals surface area contributed by atoms with Crippen molar-refractivity contribution >= 4 is 19.8 Å². The maximum atomic E-state index is 12.7. The summed E-state index contributed by atoms with van der Waals surface area (Å²) in [6.07, 6.45) is 89.1. The highest BCUT2D eigenvalue weighted by atomic mass is 31.2. The third-order valence-corrected chi connectivity index (χ3v) is 16.9. The van der Waals surface area contributed by atoms with Gasteiger partial charge in [0.15, 0.2) is 6.10 Å². The second-order valence-corrected chi connectivity index (χ2v) is 25.5. The molecule has 0 aliphatic carbocycles. The molecule has 0 fully saturated rings. The van der Waals surface area contributed by atoms with Gasteiger partial charge in [-0.15, -0.1) is 0 Å². The Morgan fingerprint density at radius 1 is 0.373 bits per heavy atom. The number of ether oxygens (including phenoxy) is 2. The van der Waals surface area contributed by atoms with E-state index in [0.717, 1.165) is 77.0 Å². The number of carbonyl (C=O) groups is 2. The molecule has 9 nitrogen and oxygen atoms in total. The smallest absolute Gasteiger partial charge is 0.462 e. The number of phosphoric acid groups is 1. The number of phosphoric ester groups is 1. The molecule has 0 heterocycles. The van der Waals surface area contributed by atoms with Crippen LogP contribution in [0.1, 0.15) is 361 Å². The van der Waals surface area contributed by atoms with Gasteiger partial charge in [-0.3, -0.25) is 18.6 Å². The van der Waals surface area contributed by atoms with Crippen LogP contribution in [0.25, 0.3) is 0 Å². The Bertz CT molecular complexity index is 1540. The molecule has 0 bridgehead atoms. The Balaban J connectivity index is 3.80. The van der Waals surface area contributed by atoms with Crippen molar-refractivity contribution in [3.05, 3.63) is 60.8 Å². The second-order valence-electron chi connectivity index (χ2n) is 24.1. The Labute approximate surface area is 514 Å². The molecule has 3 N–H and O–H groups in total. The van der Waals surface area contributed by atoms with Crippen molar-refractivity contribution in [1.82, 2.24) is 0 Å². The minimum atomic E-state index is -4.40. The molecule has 0 aromatic heterocycles. The van der Waals surface area contributed by atoms with Crippen LogP contribution in [-0.4, -0.2) is 49.3 Å². The van der Waals surface area contributed by atoms with Crippen molar-refractivity contribution in [2.24, 2.45) is 5.73 Å². The summed E-state index contributed by atoms with van der Waals surface area (Å²) in [4.78, 5) is 35.3. The SMILES string of the molecule is CC/C=C\C/C=C\C/C=C\C/C=C\C/C=C\CCCCCCCCCCCC(=O)OC(COC(=O)CCCCCCCCCCCCCCCCCCCCCCCCCCCCCCCCCCCCCCC)COP(=O)(O)OCCN. The van der Waals surface area contributed by atoms with Gasteiger partial charge in [0.2, 0.25) is 0 Å². The first-order valence-electron chi connectivity index (χ1n) is 35.8. The monoisotopic (exact) mass is 1190 g/mol. The molecular formula is C73H136NO8P. The topological polar surface area (TPSA) is 134 Å². The molecule has 0 aliphatic heterocycles. The molecule has 83 heavy (non-hydrogen) atoms. The van der Waals surface area contributed by atoms with E-state index in [-0.39, 0.29) is 38.6 Å². The van der Waals surface area contributed by atoms with E-state index in [9.17, 15) is 19.0 Å². The van der Waals surface area contributed by atoms with E-state index in [2.05, 4.69) is 74.6 Å². The van der Waals surface area contributed by atoms with Crippen LogP contribution in [0.3, 0.4) is 0 Å². The number of hydrogen-bond donors (Lipinski definition) is 2. The van der Waals surface area contributed by atoms with Crippen LogP contribution in [-0.2, 0) is 32.7 Å². The molecule has 0 aromatic rings. The highest BCUT2D eigenvalue weighted by Gasteiger charge is 2.26. The van der Waals surface area contributed by atoms with Gasteiger partial charge in [-0.1, -0.05) is 351 Å². The minimum Gasteiger partial charge on any atom is -0.462 e. The maximum absolute atomic E-state index is 12.7. The lowest BCUT2D eigenvalue weighted by Crippen LogP contribution is -2.29. The first-order valence-corrected chi connectivity index (χ1v) is 37.3. The number of hydrogen-bond acceptors (Lipinski definition) is 8. The molecule has 0 aromatic carbocycles. The first kappa shape index (κ1) is 80.7. The van der Waals surface area contributed by atoms with E-state index in [1.165, 1.54) is 250 Å². The Kier molecular flexibility index (Phi) is 66.9. The summed E-state index contributed by atoms with van der Waals surface area (Å²) in [6.45, 7) is 3.68. The zero-order valence-corrected chi connectivity index (χ0v) is 55.6. The van der Waals surface area contributed by atoms with Crippen LogP contribution >= 0.6 is 7.82 Å². The zero-order chi connectivity index (χ0) is 60.1. The Morgan fingerprint density at radius 2 is 0.663 bits per heavy atom. The van der Waals surface area contributed by atoms with Crippen molar-refractivity contribution in [3.63, 3.8) is 0 Å². The van der Waals surface area contributed by atoms with Crippen molar-refractivity contribution in [2.75, 3.05) is 26.4 Å². The van der Waals surface area contributed by atoms with Crippen molar-refractivity contribution in [3.8, 4) is 0 Å². The van der Waals surface area contributed by atoms with Crippen LogP contribution in [0.2, 0.25) is 0 Å². The maximum Gasteiger partial charge on any atom is 0.472 e. The molecule has 2 atom stereocenters. The van der Waals surface area contributed by atoms with Crippen molar-refractivity contribution in [1.29, 1.82) is 0 Å². The van der Waals surface area contributed by atoms with E-state index in [0.29, 0.717) is 6.42 Å². The molecule has 0 rings (SSSR count). The number of carbonyl (C=O) groups excluding carboxylic acids is 2. The summed E-state index contributed by atoms with van der Waals surface area (Å²) >= 11 is 0. The fourth-order valence-electron chi connectivity index (χ4n) is 10.7. The molecule has 2 unspecified atom stereocenters. The average molecular weight is 1190 g/mol. The third-order valence-electron chi connectivity index (χ3n) is 15.9. The molecule has 0 aliphatic rings. The van der Waals surface area contributed by atoms with E-state index in [1.54, 1.807) is 0 Å². The van der Waals surface area contributed by atoms with Crippen LogP contribution in [0, 0.1) is 0 Å². The summed E-state index contributed by atoms with van der Waals surface area (Å²) in [5.41, 5.74) is 5.40. The van der Waals surface area contributed by atoms with Gasteiger partial charge in [-0.05, 0) is 57.8 Å². The van der Waals surface area contributed by atoms with Gasteiger partial charge < -0.3 is 20.1 Å². The van der Waals surface area contributed by atoms with Gasteiger partial charge in [0.25, 0.3) is 0 Å². The fourth-order valence-corrected chi connectivity index (χ4v) is 11.4. The molecule has 486 valence electrons. The summed E-state index contributed by atoms with van der Waals surface area (Å²) < 4.78 is 33.2. The lowest BCUT2D eigenvalue weighted by molar-refractivity contribution is -0.161.